The van der Waals surface area contributed by atoms with Crippen molar-refractivity contribution in [2.24, 2.45) is 0 Å². The molecule has 0 aliphatic carbocycles. The van der Waals surface area contributed by atoms with Crippen molar-refractivity contribution in [1.82, 2.24) is 10.3 Å². The number of carbonyl (C=O) groups is 1. The summed E-state index contributed by atoms with van der Waals surface area (Å²) in [5.41, 5.74) is 1.45. The third-order valence-corrected chi connectivity index (χ3v) is 2.92. The fraction of sp³-hybridized carbons (Fsp3) is 0.200. The molecule has 0 atom stereocenters. The summed E-state index contributed by atoms with van der Waals surface area (Å²) in [6.07, 6.45) is 2.72. The quantitative estimate of drug-likeness (QED) is 0.868. The number of hydrogen-bond acceptors (Lipinski definition) is 4. The maximum atomic E-state index is 11.8. The standard InChI is InChI=1S/C15H17N3O2/c1-18(13-5-3-2-4-6-13)8-7-17-15(20)12-9-14(19)11-16-10-12/h2-6,9-11,19H,7-8H2,1H3,(H,17,20). The molecular weight excluding hydrogens is 254 g/mol. The molecule has 0 saturated heterocycles. The molecule has 0 radical (unpaired) electrons. The number of nitrogens with zero attached hydrogens (tertiary/aromatic N) is 2. The number of benzene rings is 1. The van der Waals surface area contributed by atoms with Crippen LogP contribution in [0, 0.1) is 0 Å². The summed E-state index contributed by atoms with van der Waals surface area (Å²) < 4.78 is 0. The van der Waals surface area contributed by atoms with Gasteiger partial charge in [0.1, 0.15) is 5.75 Å². The third kappa shape index (κ3) is 3.71. The second-order valence-corrected chi connectivity index (χ2v) is 4.44. The average Bonchev–Trinajstić information content (AvgIpc) is 2.48. The molecule has 2 rings (SSSR count). The van der Waals surface area contributed by atoms with Crippen molar-refractivity contribution in [3.05, 3.63) is 54.4 Å². The van der Waals surface area contributed by atoms with Gasteiger partial charge in [-0.25, -0.2) is 0 Å². The van der Waals surface area contributed by atoms with Gasteiger partial charge in [-0.05, 0) is 18.2 Å². The fourth-order valence-electron chi connectivity index (χ4n) is 1.80. The summed E-state index contributed by atoms with van der Waals surface area (Å²) in [7, 11) is 1.97. The molecule has 0 unspecified atom stereocenters. The van der Waals surface area contributed by atoms with E-state index in [-0.39, 0.29) is 11.7 Å². The van der Waals surface area contributed by atoms with E-state index < -0.39 is 0 Å². The summed E-state index contributed by atoms with van der Waals surface area (Å²) in [5, 5.41) is 12.1. The predicted octanol–water partition coefficient (Wildman–Crippen LogP) is 1.65. The lowest BCUT2D eigenvalue weighted by molar-refractivity contribution is 0.0954. The molecule has 2 aromatic rings. The van der Waals surface area contributed by atoms with Crippen molar-refractivity contribution in [3.8, 4) is 5.75 Å². The molecule has 0 spiro atoms. The second-order valence-electron chi connectivity index (χ2n) is 4.44. The minimum absolute atomic E-state index is 0.0148. The molecule has 0 saturated carbocycles. The van der Waals surface area contributed by atoms with Crippen molar-refractivity contribution in [2.45, 2.75) is 0 Å². The van der Waals surface area contributed by atoms with Crippen LogP contribution in [0.3, 0.4) is 0 Å². The van der Waals surface area contributed by atoms with Gasteiger partial charge in [-0.1, -0.05) is 18.2 Å². The molecule has 0 aliphatic rings. The number of aromatic nitrogens is 1. The maximum absolute atomic E-state index is 11.8. The van der Waals surface area contributed by atoms with Gasteiger partial charge in [0.25, 0.3) is 5.91 Å². The van der Waals surface area contributed by atoms with E-state index in [9.17, 15) is 9.90 Å². The van der Waals surface area contributed by atoms with Crippen LogP contribution in [0.5, 0.6) is 5.75 Å². The maximum Gasteiger partial charge on any atom is 0.253 e. The summed E-state index contributed by atoms with van der Waals surface area (Å²) in [5.74, 6) is -0.256. The Kier molecular flexibility index (Phi) is 4.55. The molecule has 0 bridgehead atoms. The van der Waals surface area contributed by atoms with Crippen LogP contribution in [0.1, 0.15) is 10.4 Å². The minimum atomic E-state index is -0.241. The van der Waals surface area contributed by atoms with Crippen molar-refractivity contribution in [2.75, 3.05) is 25.0 Å². The predicted molar refractivity (Wildman–Crippen MR) is 77.9 cm³/mol. The Morgan fingerprint density at radius 3 is 2.75 bits per heavy atom. The molecule has 2 N–H and O–H groups in total. The summed E-state index contributed by atoms with van der Waals surface area (Å²) >= 11 is 0. The van der Waals surface area contributed by atoms with Gasteiger partial charge < -0.3 is 15.3 Å². The lowest BCUT2D eigenvalue weighted by atomic mass is 10.2. The number of aromatic hydroxyl groups is 1. The smallest absolute Gasteiger partial charge is 0.253 e. The van der Waals surface area contributed by atoms with E-state index in [0.29, 0.717) is 18.7 Å². The van der Waals surface area contributed by atoms with Gasteiger partial charge in [0.05, 0.1) is 11.8 Å². The van der Waals surface area contributed by atoms with Crippen molar-refractivity contribution < 1.29 is 9.90 Å². The number of hydrogen-bond donors (Lipinski definition) is 2. The van der Waals surface area contributed by atoms with Crippen molar-refractivity contribution >= 4 is 11.6 Å². The van der Waals surface area contributed by atoms with Crippen LogP contribution in [-0.2, 0) is 0 Å². The van der Waals surface area contributed by atoms with E-state index in [0.717, 1.165) is 5.69 Å². The number of anilines is 1. The van der Waals surface area contributed by atoms with Gasteiger partial charge in [-0.2, -0.15) is 0 Å². The molecule has 1 aromatic heterocycles. The number of carbonyl (C=O) groups excluding carboxylic acids is 1. The van der Waals surface area contributed by atoms with E-state index >= 15 is 0 Å². The van der Waals surface area contributed by atoms with E-state index in [1.54, 1.807) is 0 Å². The largest absolute Gasteiger partial charge is 0.506 e. The highest BCUT2D eigenvalue weighted by Gasteiger charge is 2.07. The van der Waals surface area contributed by atoms with E-state index in [1.165, 1.54) is 18.5 Å². The average molecular weight is 271 g/mol. The van der Waals surface area contributed by atoms with Crippen LogP contribution < -0.4 is 10.2 Å². The number of rotatable bonds is 5. The van der Waals surface area contributed by atoms with E-state index in [1.807, 2.05) is 37.4 Å². The number of amides is 1. The molecule has 5 nitrogen and oxygen atoms in total. The number of pyridine rings is 1. The first-order valence-electron chi connectivity index (χ1n) is 6.35. The lowest BCUT2D eigenvalue weighted by Gasteiger charge is -2.19. The molecule has 1 heterocycles. The zero-order valence-electron chi connectivity index (χ0n) is 11.3. The van der Waals surface area contributed by atoms with Crippen LogP contribution in [0.15, 0.2) is 48.8 Å². The molecule has 20 heavy (non-hydrogen) atoms. The lowest BCUT2D eigenvalue weighted by Crippen LogP contribution is -2.33. The Morgan fingerprint density at radius 2 is 2.05 bits per heavy atom. The monoisotopic (exact) mass is 271 g/mol. The molecule has 0 fully saturated rings. The van der Waals surface area contributed by atoms with Crippen LogP contribution in [0.2, 0.25) is 0 Å². The Balaban J connectivity index is 1.83. The van der Waals surface area contributed by atoms with Gasteiger partial charge in [0, 0.05) is 32.0 Å². The Morgan fingerprint density at radius 1 is 1.30 bits per heavy atom. The zero-order valence-corrected chi connectivity index (χ0v) is 11.3. The highest BCUT2D eigenvalue weighted by atomic mass is 16.3. The molecule has 5 heteroatoms. The van der Waals surface area contributed by atoms with Gasteiger partial charge in [0.2, 0.25) is 0 Å². The number of nitrogens with one attached hydrogen (secondary N) is 1. The first-order chi connectivity index (χ1) is 9.66. The summed E-state index contributed by atoms with van der Waals surface area (Å²) in [4.78, 5) is 17.7. The van der Waals surface area contributed by atoms with E-state index in [4.69, 9.17) is 0 Å². The summed E-state index contributed by atoms with van der Waals surface area (Å²) in [6, 6.07) is 11.3. The van der Waals surface area contributed by atoms with Gasteiger partial charge in [0.15, 0.2) is 0 Å². The van der Waals surface area contributed by atoms with Crippen LogP contribution in [0.4, 0.5) is 5.69 Å². The molecule has 1 aromatic carbocycles. The minimum Gasteiger partial charge on any atom is -0.506 e. The Hall–Kier alpha value is -2.56. The molecule has 0 aliphatic heterocycles. The topological polar surface area (TPSA) is 65.5 Å². The molecular formula is C15H17N3O2. The van der Waals surface area contributed by atoms with Crippen LogP contribution in [0.25, 0.3) is 0 Å². The molecule has 104 valence electrons. The first-order valence-corrected chi connectivity index (χ1v) is 6.35. The number of para-hydroxylation sites is 1. The zero-order chi connectivity index (χ0) is 14.4. The normalized spacial score (nSPS) is 10.1. The second kappa shape index (κ2) is 6.56. The Labute approximate surface area is 117 Å². The van der Waals surface area contributed by atoms with Gasteiger partial charge in [-0.3, -0.25) is 9.78 Å². The van der Waals surface area contributed by atoms with Crippen LogP contribution >= 0.6 is 0 Å². The highest BCUT2D eigenvalue weighted by molar-refractivity contribution is 5.94. The van der Waals surface area contributed by atoms with Crippen molar-refractivity contribution in [3.63, 3.8) is 0 Å². The van der Waals surface area contributed by atoms with Gasteiger partial charge >= 0.3 is 0 Å². The highest BCUT2D eigenvalue weighted by Crippen LogP contribution is 2.10. The number of likely N-dealkylation sites (N-methyl/N-ethyl adjacent to an activating group) is 1. The SMILES string of the molecule is CN(CCNC(=O)c1cncc(O)c1)c1ccccc1. The summed E-state index contributed by atoms with van der Waals surface area (Å²) in [6.45, 7) is 1.21. The Bertz CT molecular complexity index is 572. The first kappa shape index (κ1) is 13.9. The molecule has 1 amide bonds. The fourth-order valence-corrected chi connectivity index (χ4v) is 1.80. The van der Waals surface area contributed by atoms with E-state index in [2.05, 4.69) is 15.2 Å². The third-order valence-electron chi connectivity index (χ3n) is 2.92. The van der Waals surface area contributed by atoms with Crippen molar-refractivity contribution in [1.29, 1.82) is 0 Å². The van der Waals surface area contributed by atoms with Crippen LogP contribution in [-0.4, -0.2) is 36.1 Å². The van der Waals surface area contributed by atoms with Gasteiger partial charge in [-0.15, -0.1) is 0 Å².